The number of aromatic nitrogens is 3. The van der Waals surface area contributed by atoms with Gasteiger partial charge < -0.3 is 9.84 Å². The molecule has 0 saturated heterocycles. The van der Waals surface area contributed by atoms with Crippen LogP contribution in [0.1, 0.15) is 23.1 Å². The standard InChI is InChI=1S/C16H14N4O/c1-10-6-7-17-13(8-10)15-19-16(21-20-15)14-9-11-4-2-3-5-12(11)18-14/h2-8,14,18H,9H2,1H3. The average molecular weight is 278 g/mol. The number of hydrogen-bond acceptors (Lipinski definition) is 5. The van der Waals surface area contributed by atoms with E-state index in [0.29, 0.717) is 11.7 Å². The molecule has 0 spiro atoms. The molecule has 1 unspecified atom stereocenters. The fourth-order valence-electron chi connectivity index (χ4n) is 2.59. The fraction of sp³-hybridized carbons (Fsp3) is 0.188. The average Bonchev–Trinajstić information content (AvgIpc) is 3.14. The Morgan fingerprint density at radius 2 is 2.14 bits per heavy atom. The SMILES string of the molecule is Cc1ccnc(-c2noc(C3Cc4ccccc4N3)n2)c1. The van der Waals surface area contributed by atoms with Crippen LogP contribution in [0.15, 0.2) is 47.1 Å². The first kappa shape index (κ1) is 12.1. The van der Waals surface area contributed by atoms with Crippen LogP contribution in [0.2, 0.25) is 0 Å². The van der Waals surface area contributed by atoms with Crippen LogP contribution in [0.4, 0.5) is 5.69 Å². The monoisotopic (exact) mass is 278 g/mol. The van der Waals surface area contributed by atoms with E-state index >= 15 is 0 Å². The summed E-state index contributed by atoms with van der Waals surface area (Å²) in [5, 5.41) is 7.46. The van der Waals surface area contributed by atoms with E-state index in [4.69, 9.17) is 4.52 Å². The van der Waals surface area contributed by atoms with E-state index in [1.165, 1.54) is 5.56 Å². The maximum atomic E-state index is 5.41. The van der Waals surface area contributed by atoms with Crippen molar-refractivity contribution in [2.75, 3.05) is 5.32 Å². The van der Waals surface area contributed by atoms with Crippen LogP contribution in [0.25, 0.3) is 11.5 Å². The topological polar surface area (TPSA) is 63.8 Å². The van der Waals surface area contributed by atoms with E-state index in [2.05, 4.69) is 32.6 Å². The van der Waals surface area contributed by atoms with Gasteiger partial charge in [0.2, 0.25) is 11.7 Å². The lowest BCUT2D eigenvalue weighted by molar-refractivity contribution is 0.364. The Labute approximate surface area is 122 Å². The molecule has 1 aromatic carbocycles. The molecule has 1 aliphatic rings. The summed E-state index contributed by atoms with van der Waals surface area (Å²) in [5.74, 6) is 1.14. The van der Waals surface area contributed by atoms with Gasteiger partial charge in [0.1, 0.15) is 11.7 Å². The molecule has 0 fully saturated rings. The maximum Gasteiger partial charge on any atom is 0.249 e. The summed E-state index contributed by atoms with van der Waals surface area (Å²) in [4.78, 5) is 8.77. The summed E-state index contributed by atoms with van der Waals surface area (Å²) in [6, 6.07) is 12.2. The molecule has 0 radical (unpaired) electrons. The summed E-state index contributed by atoms with van der Waals surface area (Å²) < 4.78 is 5.41. The number of benzene rings is 1. The quantitative estimate of drug-likeness (QED) is 0.780. The van der Waals surface area contributed by atoms with Crippen molar-refractivity contribution in [3.05, 3.63) is 59.6 Å². The van der Waals surface area contributed by atoms with Crippen LogP contribution in [0.3, 0.4) is 0 Å². The predicted octanol–water partition coefficient (Wildman–Crippen LogP) is 3.15. The van der Waals surface area contributed by atoms with Crippen molar-refractivity contribution in [2.45, 2.75) is 19.4 Å². The lowest BCUT2D eigenvalue weighted by atomic mass is 10.1. The summed E-state index contributed by atoms with van der Waals surface area (Å²) in [6.45, 7) is 2.02. The smallest absolute Gasteiger partial charge is 0.249 e. The van der Waals surface area contributed by atoms with Crippen LogP contribution in [0, 0.1) is 6.92 Å². The summed E-state index contributed by atoms with van der Waals surface area (Å²) in [5.41, 5.74) is 4.27. The first-order valence-corrected chi connectivity index (χ1v) is 6.91. The van der Waals surface area contributed by atoms with Gasteiger partial charge in [-0.25, -0.2) is 0 Å². The maximum absolute atomic E-state index is 5.41. The van der Waals surface area contributed by atoms with Crippen molar-refractivity contribution in [2.24, 2.45) is 0 Å². The third-order valence-corrected chi connectivity index (χ3v) is 3.66. The highest BCUT2D eigenvalue weighted by Gasteiger charge is 2.26. The second kappa shape index (κ2) is 4.70. The number of pyridine rings is 1. The third-order valence-electron chi connectivity index (χ3n) is 3.66. The van der Waals surface area contributed by atoms with Crippen LogP contribution >= 0.6 is 0 Å². The number of nitrogens with one attached hydrogen (secondary N) is 1. The first-order valence-electron chi connectivity index (χ1n) is 6.91. The number of rotatable bonds is 2. The van der Waals surface area contributed by atoms with Gasteiger partial charge in [-0.3, -0.25) is 4.98 Å². The lowest BCUT2D eigenvalue weighted by Gasteiger charge is -2.04. The van der Waals surface area contributed by atoms with Crippen molar-refractivity contribution in [1.29, 1.82) is 0 Å². The van der Waals surface area contributed by atoms with Crippen LogP contribution in [0.5, 0.6) is 0 Å². The van der Waals surface area contributed by atoms with E-state index in [-0.39, 0.29) is 6.04 Å². The van der Waals surface area contributed by atoms with Crippen LogP contribution in [-0.2, 0) is 6.42 Å². The van der Waals surface area contributed by atoms with E-state index in [0.717, 1.165) is 23.4 Å². The Kier molecular flexibility index (Phi) is 2.70. The molecule has 3 heterocycles. The van der Waals surface area contributed by atoms with Gasteiger partial charge in [-0.15, -0.1) is 0 Å². The normalized spacial score (nSPS) is 16.5. The Balaban J connectivity index is 1.62. The molecule has 0 amide bonds. The molecule has 104 valence electrons. The molecule has 5 heteroatoms. The summed E-state index contributed by atoms with van der Waals surface area (Å²) >= 11 is 0. The summed E-state index contributed by atoms with van der Waals surface area (Å²) in [7, 11) is 0. The highest BCUT2D eigenvalue weighted by molar-refractivity contribution is 5.57. The molecular formula is C16H14N4O. The molecule has 1 atom stereocenters. The zero-order valence-electron chi connectivity index (χ0n) is 11.6. The van der Waals surface area contributed by atoms with E-state index in [1.807, 2.05) is 31.2 Å². The number of fused-ring (bicyclic) bond motifs is 1. The van der Waals surface area contributed by atoms with Gasteiger partial charge >= 0.3 is 0 Å². The van der Waals surface area contributed by atoms with Crippen molar-refractivity contribution in [1.82, 2.24) is 15.1 Å². The second-order valence-electron chi connectivity index (χ2n) is 5.23. The molecule has 1 aliphatic heterocycles. The minimum Gasteiger partial charge on any atom is -0.373 e. The van der Waals surface area contributed by atoms with Crippen molar-refractivity contribution in [3.63, 3.8) is 0 Å². The number of para-hydroxylation sites is 1. The molecule has 21 heavy (non-hydrogen) atoms. The zero-order valence-corrected chi connectivity index (χ0v) is 11.6. The molecule has 0 aliphatic carbocycles. The Morgan fingerprint density at radius 1 is 1.24 bits per heavy atom. The van der Waals surface area contributed by atoms with E-state index < -0.39 is 0 Å². The van der Waals surface area contributed by atoms with Crippen molar-refractivity contribution in [3.8, 4) is 11.5 Å². The largest absolute Gasteiger partial charge is 0.373 e. The molecule has 1 N–H and O–H groups in total. The fourth-order valence-corrected chi connectivity index (χ4v) is 2.59. The predicted molar refractivity (Wildman–Crippen MR) is 78.8 cm³/mol. The number of aryl methyl sites for hydroxylation is 1. The van der Waals surface area contributed by atoms with Crippen molar-refractivity contribution < 1.29 is 4.52 Å². The van der Waals surface area contributed by atoms with Gasteiger partial charge in [0.25, 0.3) is 0 Å². The number of nitrogens with zero attached hydrogens (tertiary/aromatic N) is 3. The van der Waals surface area contributed by atoms with Crippen molar-refractivity contribution >= 4 is 5.69 Å². The number of hydrogen-bond donors (Lipinski definition) is 1. The highest BCUT2D eigenvalue weighted by atomic mass is 16.5. The van der Waals surface area contributed by atoms with Crippen LogP contribution in [-0.4, -0.2) is 15.1 Å². The Hall–Kier alpha value is -2.69. The van der Waals surface area contributed by atoms with Gasteiger partial charge in [0.05, 0.1) is 0 Å². The molecule has 0 bridgehead atoms. The zero-order chi connectivity index (χ0) is 14.2. The first-order chi connectivity index (χ1) is 10.3. The molecule has 0 saturated carbocycles. The van der Waals surface area contributed by atoms with Gasteiger partial charge in [-0.05, 0) is 36.2 Å². The third kappa shape index (κ3) is 2.16. The molecular weight excluding hydrogens is 264 g/mol. The molecule has 5 nitrogen and oxygen atoms in total. The van der Waals surface area contributed by atoms with Gasteiger partial charge in [0.15, 0.2) is 0 Å². The molecule has 3 aromatic rings. The summed E-state index contributed by atoms with van der Waals surface area (Å²) in [6.07, 6.45) is 2.61. The van der Waals surface area contributed by atoms with E-state index in [9.17, 15) is 0 Å². The van der Waals surface area contributed by atoms with Gasteiger partial charge in [-0.1, -0.05) is 23.4 Å². The second-order valence-corrected chi connectivity index (χ2v) is 5.23. The minimum atomic E-state index is 0.0356. The highest BCUT2D eigenvalue weighted by Crippen LogP contribution is 2.33. The molecule has 4 rings (SSSR count). The Bertz CT molecular complexity index is 771. The number of anilines is 1. The lowest BCUT2D eigenvalue weighted by Crippen LogP contribution is -2.05. The Morgan fingerprint density at radius 3 is 3.00 bits per heavy atom. The van der Waals surface area contributed by atoms with E-state index in [1.54, 1.807) is 6.20 Å². The van der Waals surface area contributed by atoms with Crippen LogP contribution < -0.4 is 5.32 Å². The molecule has 2 aromatic heterocycles. The van der Waals surface area contributed by atoms with Gasteiger partial charge in [-0.2, -0.15) is 4.98 Å². The van der Waals surface area contributed by atoms with Gasteiger partial charge in [0, 0.05) is 18.3 Å². The minimum absolute atomic E-state index is 0.0356.